The molecule has 0 unspecified atom stereocenters. The Kier molecular flexibility index (Phi) is 13.6. The molecule has 0 aliphatic carbocycles. The summed E-state index contributed by atoms with van der Waals surface area (Å²) in [5, 5.41) is 0. The molecular weight excluding hydrogens is 254 g/mol. The van der Waals surface area contributed by atoms with E-state index in [4.69, 9.17) is 46.4 Å². The Labute approximate surface area is 99.7 Å². The molecule has 0 saturated heterocycles. The number of ketones is 1. The number of hydrogen-bond donors (Lipinski definition) is 0. The Balaban J connectivity index is 0. The molecule has 80 valence electrons. The molecule has 0 radical (unpaired) electrons. The first-order valence-corrected chi connectivity index (χ1v) is 5.72. The van der Waals surface area contributed by atoms with Gasteiger partial charge in [-0.05, 0) is 13.3 Å². The number of halogens is 4. The number of alkyl halides is 4. The maximum atomic E-state index is 10.2. The SMILES string of the molecule is CCCCC(C)=O.ClC(Cl)C(Cl)Cl. The van der Waals surface area contributed by atoms with Gasteiger partial charge in [0.2, 0.25) is 0 Å². The molecule has 1 nitrogen and oxygen atoms in total. The zero-order chi connectivity index (χ0) is 10.9. The van der Waals surface area contributed by atoms with E-state index in [0.717, 1.165) is 19.3 Å². The number of unbranched alkanes of at least 4 members (excludes halogenated alkanes) is 1. The lowest BCUT2D eigenvalue weighted by Crippen LogP contribution is -1.96. The lowest BCUT2D eigenvalue weighted by Gasteiger charge is -1.95. The van der Waals surface area contributed by atoms with Gasteiger partial charge in [0.15, 0.2) is 0 Å². The summed E-state index contributed by atoms with van der Waals surface area (Å²) in [5.41, 5.74) is 0. The van der Waals surface area contributed by atoms with E-state index in [9.17, 15) is 4.79 Å². The number of carbonyl (C=O) groups excluding carboxylic acids is 1. The first-order valence-electron chi connectivity index (χ1n) is 3.97. The van der Waals surface area contributed by atoms with Gasteiger partial charge in [-0.15, -0.1) is 46.4 Å². The maximum Gasteiger partial charge on any atom is 0.137 e. The minimum atomic E-state index is -0.673. The smallest absolute Gasteiger partial charge is 0.137 e. The summed E-state index contributed by atoms with van der Waals surface area (Å²) in [4.78, 5) is 8.86. The Bertz CT molecular complexity index is 119. The molecule has 0 atom stereocenters. The van der Waals surface area contributed by atoms with Gasteiger partial charge in [0.05, 0.1) is 0 Å². The lowest BCUT2D eigenvalue weighted by molar-refractivity contribution is -0.117. The summed E-state index contributed by atoms with van der Waals surface area (Å²) in [6.07, 6.45) is 2.94. The first-order chi connectivity index (χ1) is 5.91. The molecule has 0 aromatic rings. The summed E-state index contributed by atoms with van der Waals surface area (Å²) in [7, 11) is 0. The molecule has 0 amide bonds. The number of carbonyl (C=O) groups is 1. The van der Waals surface area contributed by atoms with Crippen molar-refractivity contribution in [1.29, 1.82) is 0 Å². The summed E-state index contributed by atoms with van der Waals surface area (Å²) in [6, 6.07) is 0. The molecule has 5 heteroatoms. The van der Waals surface area contributed by atoms with Crippen molar-refractivity contribution in [3.63, 3.8) is 0 Å². The van der Waals surface area contributed by atoms with Crippen LogP contribution in [0, 0.1) is 0 Å². The van der Waals surface area contributed by atoms with Crippen LogP contribution >= 0.6 is 46.4 Å². The van der Waals surface area contributed by atoms with Crippen molar-refractivity contribution < 1.29 is 4.79 Å². The molecule has 0 aromatic heterocycles. The Morgan fingerprint density at radius 1 is 1.15 bits per heavy atom. The van der Waals surface area contributed by atoms with Crippen LogP contribution in [0.2, 0.25) is 0 Å². The standard InChI is InChI=1S/C6H12O.C2H2Cl4/c1-3-4-5-6(2)7;3-1(4)2(5)6/h3-5H2,1-2H3;1-2H. The van der Waals surface area contributed by atoms with Gasteiger partial charge < -0.3 is 4.79 Å². The molecule has 0 aliphatic rings. The van der Waals surface area contributed by atoms with Gasteiger partial charge in [0.1, 0.15) is 15.5 Å². The van der Waals surface area contributed by atoms with Gasteiger partial charge >= 0.3 is 0 Å². The van der Waals surface area contributed by atoms with Gasteiger partial charge in [-0.2, -0.15) is 0 Å². The van der Waals surface area contributed by atoms with Crippen molar-refractivity contribution in [2.24, 2.45) is 0 Å². The average molecular weight is 268 g/mol. The van der Waals surface area contributed by atoms with Gasteiger partial charge in [-0.25, -0.2) is 0 Å². The first kappa shape index (κ1) is 16.3. The highest BCUT2D eigenvalue weighted by atomic mass is 35.5. The van der Waals surface area contributed by atoms with Crippen molar-refractivity contribution >= 4 is 52.2 Å². The van der Waals surface area contributed by atoms with Crippen LogP contribution in [0.15, 0.2) is 0 Å². The third kappa shape index (κ3) is 19.3. The molecule has 0 spiro atoms. The Hall–Kier alpha value is 0.830. The lowest BCUT2D eigenvalue weighted by atomic mass is 10.2. The summed E-state index contributed by atoms with van der Waals surface area (Å²) >= 11 is 20.5. The van der Waals surface area contributed by atoms with Crippen molar-refractivity contribution in [1.82, 2.24) is 0 Å². The van der Waals surface area contributed by atoms with Crippen molar-refractivity contribution in [2.45, 2.75) is 42.8 Å². The van der Waals surface area contributed by atoms with Crippen molar-refractivity contribution in [3.05, 3.63) is 0 Å². The minimum Gasteiger partial charge on any atom is -0.300 e. The third-order valence-corrected chi connectivity index (χ3v) is 2.60. The van der Waals surface area contributed by atoms with E-state index in [1.165, 1.54) is 0 Å². The fourth-order valence-corrected chi connectivity index (χ4v) is 0.426. The van der Waals surface area contributed by atoms with E-state index in [-0.39, 0.29) is 0 Å². The molecule has 13 heavy (non-hydrogen) atoms. The van der Waals surface area contributed by atoms with Crippen LogP contribution in [0.25, 0.3) is 0 Å². The predicted octanol–water partition coefficient (Wildman–Crippen LogP) is 4.36. The van der Waals surface area contributed by atoms with E-state index in [1.54, 1.807) is 6.92 Å². The van der Waals surface area contributed by atoms with E-state index >= 15 is 0 Å². The Morgan fingerprint density at radius 3 is 1.62 bits per heavy atom. The number of rotatable bonds is 4. The molecule has 0 N–H and O–H groups in total. The van der Waals surface area contributed by atoms with Gasteiger partial charge in [0, 0.05) is 6.42 Å². The normalized spacial score (nSPS) is 9.85. The van der Waals surface area contributed by atoms with Gasteiger partial charge in [0.25, 0.3) is 0 Å². The predicted molar refractivity (Wildman–Crippen MR) is 61.2 cm³/mol. The second-order valence-electron chi connectivity index (χ2n) is 2.47. The average Bonchev–Trinajstić information content (AvgIpc) is 2.01. The number of Topliss-reactive ketones (excluding diaryl/α,β-unsaturated/α-hetero) is 1. The third-order valence-electron chi connectivity index (χ3n) is 1.07. The molecule has 0 aliphatic heterocycles. The van der Waals surface area contributed by atoms with E-state index in [1.807, 2.05) is 0 Å². The quantitative estimate of drug-likeness (QED) is 0.692. The zero-order valence-corrected chi connectivity index (χ0v) is 10.7. The highest BCUT2D eigenvalue weighted by Crippen LogP contribution is 2.16. The molecule has 0 fully saturated rings. The van der Waals surface area contributed by atoms with Crippen LogP contribution in [0.1, 0.15) is 33.1 Å². The van der Waals surface area contributed by atoms with Crippen LogP contribution in [0.4, 0.5) is 0 Å². The largest absolute Gasteiger partial charge is 0.300 e. The second-order valence-corrected chi connectivity index (χ2v) is 4.80. The highest BCUT2D eigenvalue weighted by molar-refractivity contribution is 6.56. The monoisotopic (exact) mass is 266 g/mol. The summed E-state index contributed by atoms with van der Waals surface area (Å²) < 4.78 is 0. The van der Waals surface area contributed by atoms with Gasteiger partial charge in [-0.3, -0.25) is 0 Å². The van der Waals surface area contributed by atoms with Crippen LogP contribution in [-0.2, 0) is 4.79 Å². The summed E-state index contributed by atoms with van der Waals surface area (Å²) in [5.74, 6) is 0.307. The van der Waals surface area contributed by atoms with E-state index in [2.05, 4.69) is 6.92 Å². The molecular formula is C8H14Cl4O. The van der Waals surface area contributed by atoms with Crippen molar-refractivity contribution in [2.75, 3.05) is 0 Å². The maximum absolute atomic E-state index is 10.2. The molecule has 0 rings (SSSR count). The van der Waals surface area contributed by atoms with Crippen LogP contribution in [0.5, 0.6) is 0 Å². The van der Waals surface area contributed by atoms with Crippen LogP contribution in [0.3, 0.4) is 0 Å². The molecule has 0 aromatic carbocycles. The molecule has 0 bridgehead atoms. The van der Waals surface area contributed by atoms with Gasteiger partial charge in [-0.1, -0.05) is 13.3 Å². The zero-order valence-electron chi connectivity index (χ0n) is 7.70. The topological polar surface area (TPSA) is 17.1 Å². The van der Waals surface area contributed by atoms with Crippen LogP contribution < -0.4 is 0 Å². The van der Waals surface area contributed by atoms with E-state index < -0.39 is 9.67 Å². The summed E-state index contributed by atoms with van der Waals surface area (Å²) in [6.45, 7) is 3.72. The molecule has 0 heterocycles. The van der Waals surface area contributed by atoms with E-state index in [0.29, 0.717) is 5.78 Å². The highest BCUT2D eigenvalue weighted by Gasteiger charge is 2.06. The number of hydrogen-bond acceptors (Lipinski definition) is 1. The van der Waals surface area contributed by atoms with Crippen LogP contribution in [-0.4, -0.2) is 15.5 Å². The minimum absolute atomic E-state index is 0.307. The Morgan fingerprint density at radius 2 is 1.54 bits per heavy atom. The molecule has 0 saturated carbocycles. The fourth-order valence-electron chi connectivity index (χ4n) is 0.426. The second kappa shape index (κ2) is 10.9. The fraction of sp³-hybridized carbons (Fsp3) is 0.875. The van der Waals surface area contributed by atoms with Crippen molar-refractivity contribution in [3.8, 4) is 0 Å².